The lowest BCUT2D eigenvalue weighted by atomic mass is 10.1. The Bertz CT molecular complexity index is 1140. The van der Waals surface area contributed by atoms with Crippen LogP contribution in [0, 0.1) is 0 Å². The quantitative estimate of drug-likeness (QED) is 0.496. The lowest BCUT2D eigenvalue weighted by Crippen LogP contribution is -2.06. The number of methoxy groups -OCH3 is 2. The van der Waals surface area contributed by atoms with E-state index in [4.69, 9.17) is 9.47 Å². The summed E-state index contributed by atoms with van der Waals surface area (Å²) < 4.78 is 12.4. The van der Waals surface area contributed by atoms with Gasteiger partial charge in [-0.05, 0) is 43.3 Å². The second-order valence-electron chi connectivity index (χ2n) is 6.23. The molecule has 0 saturated heterocycles. The SMILES string of the molecule is CCn1c2ccccc2c2cc(C(=O)OC)nc(-c3ccc(OC)cc3)c21. The smallest absolute Gasteiger partial charge is 0.356 e. The summed E-state index contributed by atoms with van der Waals surface area (Å²) in [4.78, 5) is 16.9. The minimum atomic E-state index is -0.444. The van der Waals surface area contributed by atoms with E-state index in [1.54, 1.807) is 7.11 Å². The van der Waals surface area contributed by atoms with Crippen molar-refractivity contribution in [2.75, 3.05) is 14.2 Å². The van der Waals surface area contributed by atoms with Crippen LogP contribution in [0.3, 0.4) is 0 Å². The lowest BCUT2D eigenvalue weighted by molar-refractivity contribution is 0.0594. The first kappa shape index (κ1) is 17.1. The average Bonchev–Trinajstić information content (AvgIpc) is 3.06. The van der Waals surface area contributed by atoms with Crippen LogP contribution >= 0.6 is 0 Å². The maximum atomic E-state index is 12.2. The number of ether oxygens (including phenoxy) is 2. The van der Waals surface area contributed by atoms with Crippen molar-refractivity contribution in [3.05, 3.63) is 60.3 Å². The van der Waals surface area contributed by atoms with Crippen LogP contribution in [0.15, 0.2) is 54.6 Å². The first-order valence-corrected chi connectivity index (χ1v) is 8.82. The first-order valence-electron chi connectivity index (χ1n) is 8.82. The van der Waals surface area contributed by atoms with E-state index in [-0.39, 0.29) is 0 Å². The van der Waals surface area contributed by atoms with E-state index < -0.39 is 5.97 Å². The average molecular weight is 360 g/mol. The normalized spacial score (nSPS) is 11.1. The molecule has 27 heavy (non-hydrogen) atoms. The standard InChI is InChI=1S/C22H20N2O3/c1-4-24-19-8-6-5-7-16(19)17-13-18(22(25)27-3)23-20(21(17)24)14-9-11-15(26-2)12-10-14/h5-13H,4H2,1-3H3. The second-order valence-corrected chi connectivity index (χ2v) is 6.23. The van der Waals surface area contributed by atoms with Crippen molar-refractivity contribution >= 4 is 27.8 Å². The number of aromatic nitrogens is 2. The molecule has 4 rings (SSSR count). The van der Waals surface area contributed by atoms with Crippen molar-refractivity contribution in [2.24, 2.45) is 0 Å². The molecule has 0 fully saturated rings. The van der Waals surface area contributed by atoms with Crippen LogP contribution in [-0.4, -0.2) is 29.7 Å². The van der Waals surface area contributed by atoms with Crippen LogP contribution in [0.25, 0.3) is 33.1 Å². The van der Waals surface area contributed by atoms with Gasteiger partial charge in [0.25, 0.3) is 0 Å². The molecule has 2 aromatic heterocycles. The largest absolute Gasteiger partial charge is 0.497 e. The molecule has 5 heteroatoms. The number of hydrogen-bond acceptors (Lipinski definition) is 4. The molecule has 0 atom stereocenters. The van der Waals surface area contributed by atoms with Gasteiger partial charge >= 0.3 is 5.97 Å². The van der Waals surface area contributed by atoms with E-state index in [9.17, 15) is 4.79 Å². The van der Waals surface area contributed by atoms with E-state index in [1.165, 1.54) is 7.11 Å². The fraction of sp³-hybridized carbons (Fsp3) is 0.182. The highest BCUT2D eigenvalue weighted by Gasteiger charge is 2.19. The Kier molecular flexibility index (Phi) is 4.28. The Labute approximate surface area is 157 Å². The van der Waals surface area contributed by atoms with E-state index >= 15 is 0 Å². The lowest BCUT2D eigenvalue weighted by Gasteiger charge is -2.10. The highest BCUT2D eigenvalue weighted by Crippen LogP contribution is 2.36. The number of fused-ring (bicyclic) bond motifs is 3. The predicted octanol–water partition coefficient (Wildman–Crippen LogP) is 4.67. The maximum Gasteiger partial charge on any atom is 0.356 e. The van der Waals surface area contributed by atoms with Crippen LogP contribution in [-0.2, 0) is 11.3 Å². The molecule has 5 nitrogen and oxygen atoms in total. The molecule has 0 aliphatic carbocycles. The Balaban J connectivity index is 2.12. The van der Waals surface area contributed by atoms with Crippen molar-refractivity contribution in [2.45, 2.75) is 13.5 Å². The minimum Gasteiger partial charge on any atom is -0.497 e. The fourth-order valence-corrected chi connectivity index (χ4v) is 3.56. The summed E-state index contributed by atoms with van der Waals surface area (Å²) in [5.41, 5.74) is 4.11. The van der Waals surface area contributed by atoms with E-state index in [2.05, 4.69) is 28.6 Å². The van der Waals surface area contributed by atoms with E-state index in [0.29, 0.717) is 5.69 Å². The summed E-state index contributed by atoms with van der Waals surface area (Å²) in [5.74, 6) is 0.329. The second kappa shape index (κ2) is 6.76. The molecule has 4 aromatic rings. The summed E-state index contributed by atoms with van der Waals surface area (Å²) in [5, 5.41) is 2.09. The molecule has 136 valence electrons. The Hall–Kier alpha value is -3.34. The molecule has 0 amide bonds. The predicted molar refractivity (Wildman–Crippen MR) is 106 cm³/mol. The highest BCUT2D eigenvalue weighted by atomic mass is 16.5. The molecule has 0 bridgehead atoms. The zero-order valence-electron chi connectivity index (χ0n) is 15.5. The number of esters is 1. The maximum absolute atomic E-state index is 12.2. The molecule has 0 aliphatic heterocycles. The van der Waals surface area contributed by atoms with Gasteiger partial charge in [-0.15, -0.1) is 0 Å². The van der Waals surface area contributed by atoms with Gasteiger partial charge in [0, 0.05) is 28.4 Å². The highest BCUT2D eigenvalue weighted by molar-refractivity contribution is 6.13. The third kappa shape index (κ3) is 2.72. The molecule has 0 saturated carbocycles. The number of aryl methyl sites for hydroxylation is 1. The molecular formula is C22H20N2O3. The third-order valence-electron chi connectivity index (χ3n) is 4.82. The van der Waals surface area contributed by atoms with Crippen LogP contribution in [0.2, 0.25) is 0 Å². The van der Waals surface area contributed by atoms with Gasteiger partial charge in [-0.25, -0.2) is 9.78 Å². The molecule has 0 aliphatic rings. The van der Waals surface area contributed by atoms with Gasteiger partial charge in [0.15, 0.2) is 0 Å². The van der Waals surface area contributed by atoms with Crippen LogP contribution in [0.1, 0.15) is 17.4 Å². The zero-order valence-corrected chi connectivity index (χ0v) is 15.5. The molecule has 2 aromatic carbocycles. The summed E-state index contributed by atoms with van der Waals surface area (Å²) in [6.07, 6.45) is 0. The summed E-state index contributed by atoms with van der Waals surface area (Å²) in [6, 6.07) is 17.7. The first-order chi connectivity index (χ1) is 13.2. The number of benzene rings is 2. The van der Waals surface area contributed by atoms with Crippen LogP contribution in [0.5, 0.6) is 5.75 Å². The van der Waals surface area contributed by atoms with Gasteiger partial charge in [-0.1, -0.05) is 18.2 Å². The van der Waals surface area contributed by atoms with Crippen molar-refractivity contribution < 1.29 is 14.3 Å². The number of pyridine rings is 1. The number of hydrogen-bond donors (Lipinski definition) is 0. The zero-order chi connectivity index (χ0) is 19.0. The van der Waals surface area contributed by atoms with Gasteiger partial charge in [0.1, 0.15) is 11.4 Å². The van der Waals surface area contributed by atoms with E-state index in [0.717, 1.165) is 45.4 Å². The minimum absolute atomic E-state index is 0.301. The van der Waals surface area contributed by atoms with Gasteiger partial charge in [0.05, 0.1) is 25.4 Å². The topological polar surface area (TPSA) is 53.4 Å². The van der Waals surface area contributed by atoms with Crippen molar-refractivity contribution in [3.8, 4) is 17.0 Å². The molecular weight excluding hydrogens is 340 g/mol. The third-order valence-corrected chi connectivity index (χ3v) is 4.82. The Morgan fingerprint density at radius 2 is 1.78 bits per heavy atom. The van der Waals surface area contributed by atoms with Gasteiger partial charge in [0.2, 0.25) is 0 Å². The van der Waals surface area contributed by atoms with Gasteiger partial charge < -0.3 is 14.0 Å². The van der Waals surface area contributed by atoms with Crippen LogP contribution < -0.4 is 4.74 Å². The molecule has 0 N–H and O–H groups in total. The monoisotopic (exact) mass is 360 g/mol. The van der Waals surface area contributed by atoms with Gasteiger partial charge in [-0.2, -0.15) is 0 Å². The Morgan fingerprint density at radius 1 is 1.04 bits per heavy atom. The Morgan fingerprint density at radius 3 is 2.44 bits per heavy atom. The van der Waals surface area contributed by atoms with Crippen molar-refractivity contribution in [3.63, 3.8) is 0 Å². The molecule has 0 radical (unpaired) electrons. The summed E-state index contributed by atoms with van der Waals surface area (Å²) in [6.45, 7) is 2.91. The van der Waals surface area contributed by atoms with E-state index in [1.807, 2.05) is 42.5 Å². The number of nitrogens with zero attached hydrogens (tertiary/aromatic N) is 2. The number of carbonyl (C=O) groups excluding carboxylic acids is 1. The van der Waals surface area contributed by atoms with Crippen molar-refractivity contribution in [1.29, 1.82) is 0 Å². The summed E-state index contributed by atoms with van der Waals surface area (Å²) >= 11 is 0. The fourth-order valence-electron chi connectivity index (χ4n) is 3.56. The molecule has 0 spiro atoms. The molecule has 0 unspecified atom stereocenters. The van der Waals surface area contributed by atoms with Crippen molar-refractivity contribution in [1.82, 2.24) is 9.55 Å². The number of carbonyl (C=O) groups is 1. The number of para-hydroxylation sites is 1. The molecule has 2 heterocycles. The number of rotatable bonds is 4. The van der Waals surface area contributed by atoms with Crippen LogP contribution in [0.4, 0.5) is 0 Å². The van der Waals surface area contributed by atoms with Gasteiger partial charge in [-0.3, -0.25) is 0 Å². The summed E-state index contributed by atoms with van der Waals surface area (Å²) in [7, 11) is 3.01.